The third kappa shape index (κ3) is 6.00. The minimum absolute atomic E-state index is 0.0627. The van der Waals surface area contributed by atoms with Crippen LogP contribution in [0.3, 0.4) is 0 Å². The molecule has 0 unspecified atom stereocenters. The van der Waals surface area contributed by atoms with Gasteiger partial charge in [0.05, 0.1) is 17.4 Å². The van der Waals surface area contributed by atoms with E-state index in [9.17, 15) is 14.0 Å². The summed E-state index contributed by atoms with van der Waals surface area (Å²) in [5, 5.41) is 9.94. The number of hydrogen-bond acceptors (Lipinski definition) is 6. The van der Waals surface area contributed by atoms with Crippen molar-refractivity contribution in [1.29, 1.82) is 0 Å². The van der Waals surface area contributed by atoms with Crippen molar-refractivity contribution in [2.75, 3.05) is 39.3 Å². The van der Waals surface area contributed by atoms with E-state index in [2.05, 4.69) is 15.1 Å². The third-order valence-corrected chi connectivity index (χ3v) is 7.86. The molecular weight excluding hydrogens is 559 g/mol. The lowest BCUT2D eigenvalue weighted by atomic mass is 10.2. The number of fused-ring (bicyclic) bond motifs is 3. The van der Waals surface area contributed by atoms with E-state index in [4.69, 9.17) is 16.3 Å². The van der Waals surface area contributed by atoms with Gasteiger partial charge in [-0.2, -0.15) is 0 Å². The average Bonchev–Trinajstić information content (AvgIpc) is 3.44. The number of aryl methyl sites for hydroxylation is 1. The van der Waals surface area contributed by atoms with Crippen molar-refractivity contribution in [3.8, 4) is 5.75 Å². The summed E-state index contributed by atoms with van der Waals surface area (Å²) in [5.74, 6) is 1.51. The van der Waals surface area contributed by atoms with Gasteiger partial charge >= 0.3 is 0 Å². The zero-order chi connectivity index (χ0) is 29.1. The van der Waals surface area contributed by atoms with Crippen molar-refractivity contribution < 1.29 is 13.9 Å². The van der Waals surface area contributed by atoms with Crippen LogP contribution in [0, 0.1) is 5.82 Å². The maximum absolute atomic E-state index is 13.5. The molecule has 42 heavy (non-hydrogen) atoms. The van der Waals surface area contributed by atoms with Gasteiger partial charge in [0.25, 0.3) is 5.56 Å². The minimum Gasteiger partial charge on any atom is -0.492 e. The predicted molar refractivity (Wildman–Crippen MR) is 159 cm³/mol. The second kappa shape index (κ2) is 12.3. The summed E-state index contributed by atoms with van der Waals surface area (Å²) in [6, 6.07) is 20.7. The molecule has 5 aromatic rings. The van der Waals surface area contributed by atoms with Crippen molar-refractivity contribution >= 4 is 34.2 Å². The Balaban J connectivity index is 1.10. The SMILES string of the molecule is O=C(CCc1nnc2n(Cc3ccc(F)cc3)c(=O)c3ccccc3n12)N1CCN(CCOc2ccc(Cl)cc2)CC1. The number of nitrogens with zero attached hydrogens (tertiary/aromatic N) is 6. The van der Waals surface area contributed by atoms with Crippen molar-refractivity contribution in [3.63, 3.8) is 0 Å². The molecule has 0 radical (unpaired) electrons. The van der Waals surface area contributed by atoms with Gasteiger partial charge in [-0.15, -0.1) is 10.2 Å². The second-order valence-electron chi connectivity index (χ2n) is 10.3. The summed E-state index contributed by atoms with van der Waals surface area (Å²) in [5.41, 5.74) is 1.26. The van der Waals surface area contributed by atoms with E-state index in [1.54, 1.807) is 34.9 Å². The van der Waals surface area contributed by atoms with Crippen LogP contribution >= 0.6 is 11.6 Å². The largest absolute Gasteiger partial charge is 0.492 e. The highest BCUT2D eigenvalue weighted by Crippen LogP contribution is 2.18. The summed E-state index contributed by atoms with van der Waals surface area (Å²) in [4.78, 5) is 30.7. The molecule has 3 heterocycles. The third-order valence-electron chi connectivity index (χ3n) is 7.61. The Kier molecular flexibility index (Phi) is 8.16. The smallest absolute Gasteiger partial charge is 0.263 e. The molecule has 9 nitrogen and oxygen atoms in total. The van der Waals surface area contributed by atoms with Crippen molar-refractivity contribution in [1.82, 2.24) is 29.0 Å². The standard InChI is InChI=1S/C31H30ClFN6O3/c32-23-7-11-25(12-8-23)42-20-19-36-15-17-37(18-16-36)29(40)14-13-28-34-35-31-38(21-22-5-9-24(33)10-6-22)30(41)26-3-1-2-4-27(26)39(28)31/h1-12H,13-21H2. The number of piperazine rings is 1. The highest BCUT2D eigenvalue weighted by molar-refractivity contribution is 6.30. The first-order valence-corrected chi connectivity index (χ1v) is 14.3. The van der Waals surface area contributed by atoms with E-state index < -0.39 is 0 Å². The number of amides is 1. The van der Waals surface area contributed by atoms with Crippen molar-refractivity contribution in [3.05, 3.63) is 105 Å². The molecule has 6 rings (SSSR count). The molecule has 1 aliphatic rings. The van der Waals surface area contributed by atoms with Crippen LogP contribution in [0.25, 0.3) is 16.7 Å². The lowest BCUT2D eigenvalue weighted by Gasteiger charge is -2.34. The number of hydrogen-bond donors (Lipinski definition) is 0. The zero-order valence-electron chi connectivity index (χ0n) is 23.0. The van der Waals surface area contributed by atoms with Crippen LogP contribution in [0.4, 0.5) is 4.39 Å². The summed E-state index contributed by atoms with van der Waals surface area (Å²) in [6.07, 6.45) is 0.666. The average molecular weight is 589 g/mol. The van der Waals surface area contributed by atoms with E-state index in [1.165, 1.54) is 12.1 Å². The summed E-state index contributed by atoms with van der Waals surface area (Å²) in [6.45, 7) is 4.44. The van der Waals surface area contributed by atoms with Gasteiger partial charge in [-0.25, -0.2) is 4.39 Å². The van der Waals surface area contributed by atoms with Gasteiger partial charge in [0.15, 0.2) is 0 Å². The fourth-order valence-corrected chi connectivity index (χ4v) is 5.44. The number of halogens is 2. The molecule has 0 atom stereocenters. The van der Waals surface area contributed by atoms with Crippen LogP contribution in [0.2, 0.25) is 5.02 Å². The molecule has 1 saturated heterocycles. The van der Waals surface area contributed by atoms with Crippen LogP contribution in [0.5, 0.6) is 5.75 Å². The maximum atomic E-state index is 13.5. The van der Waals surface area contributed by atoms with Gasteiger partial charge in [0, 0.05) is 50.6 Å². The van der Waals surface area contributed by atoms with E-state index in [-0.39, 0.29) is 30.2 Å². The molecule has 3 aromatic carbocycles. The molecule has 1 fully saturated rings. The summed E-state index contributed by atoms with van der Waals surface area (Å²) >= 11 is 5.92. The quantitative estimate of drug-likeness (QED) is 0.258. The first-order valence-electron chi connectivity index (χ1n) is 13.9. The van der Waals surface area contributed by atoms with Gasteiger partial charge in [0.2, 0.25) is 11.7 Å². The Labute approximate surface area is 246 Å². The Morgan fingerprint density at radius 1 is 0.929 bits per heavy atom. The number of ether oxygens (including phenoxy) is 1. The maximum Gasteiger partial charge on any atom is 0.263 e. The zero-order valence-corrected chi connectivity index (χ0v) is 23.7. The minimum atomic E-state index is -0.339. The van der Waals surface area contributed by atoms with Crippen molar-refractivity contribution in [2.45, 2.75) is 19.4 Å². The highest BCUT2D eigenvalue weighted by atomic mass is 35.5. The van der Waals surface area contributed by atoms with Crippen LogP contribution in [-0.4, -0.2) is 74.2 Å². The Morgan fingerprint density at radius 3 is 2.43 bits per heavy atom. The Hall–Kier alpha value is -4.28. The molecule has 1 aliphatic heterocycles. The van der Waals surface area contributed by atoms with Gasteiger partial charge < -0.3 is 9.64 Å². The molecule has 0 bridgehead atoms. The molecule has 0 saturated carbocycles. The normalized spacial score (nSPS) is 14.1. The highest BCUT2D eigenvalue weighted by Gasteiger charge is 2.22. The van der Waals surface area contributed by atoms with Gasteiger partial charge in [0.1, 0.15) is 24.0 Å². The number of benzene rings is 3. The molecule has 216 valence electrons. The molecule has 1 amide bonds. The lowest BCUT2D eigenvalue weighted by molar-refractivity contribution is -0.133. The molecule has 2 aromatic heterocycles. The molecule has 0 spiro atoms. The number of para-hydroxylation sites is 1. The molecule has 0 N–H and O–H groups in total. The van der Waals surface area contributed by atoms with Crippen LogP contribution < -0.4 is 10.3 Å². The van der Waals surface area contributed by atoms with Gasteiger partial charge in [-0.1, -0.05) is 35.9 Å². The van der Waals surface area contributed by atoms with Crippen LogP contribution in [0.15, 0.2) is 77.6 Å². The van der Waals surface area contributed by atoms with E-state index in [0.717, 1.165) is 30.9 Å². The summed E-state index contributed by atoms with van der Waals surface area (Å²) in [7, 11) is 0. The topological polar surface area (TPSA) is 85.0 Å². The van der Waals surface area contributed by atoms with Crippen LogP contribution in [0.1, 0.15) is 17.8 Å². The number of carbonyl (C=O) groups excluding carboxylic acids is 1. The fraction of sp³-hybridized carbons (Fsp3) is 0.290. The van der Waals surface area contributed by atoms with Gasteiger partial charge in [-0.3, -0.25) is 23.5 Å². The van der Waals surface area contributed by atoms with E-state index in [0.29, 0.717) is 53.6 Å². The number of rotatable bonds is 9. The fourth-order valence-electron chi connectivity index (χ4n) is 5.31. The van der Waals surface area contributed by atoms with Crippen molar-refractivity contribution in [2.24, 2.45) is 0 Å². The first kappa shape index (κ1) is 27.9. The number of carbonyl (C=O) groups is 1. The lowest BCUT2D eigenvalue weighted by Crippen LogP contribution is -2.49. The molecule has 11 heteroatoms. The van der Waals surface area contributed by atoms with Gasteiger partial charge in [-0.05, 0) is 54.1 Å². The summed E-state index contributed by atoms with van der Waals surface area (Å²) < 4.78 is 22.7. The second-order valence-corrected chi connectivity index (χ2v) is 10.7. The number of aromatic nitrogens is 4. The molecule has 0 aliphatic carbocycles. The predicted octanol–water partition coefficient (Wildman–Crippen LogP) is 4.04. The molecular formula is C31H30ClFN6O3. The first-order chi connectivity index (χ1) is 20.5. The van der Waals surface area contributed by atoms with E-state index >= 15 is 0 Å². The monoisotopic (exact) mass is 588 g/mol. The van der Waals surface area contributed by atoms with Crippen LogP contribution in [-0.2, 0) is 17.8 Å². The van der Waals surface area contributed by atoms with E-state index in [1.807, 2.05) is 39.6 Å². The Bertz CT molecular complexity index is 1760. The Morgan fingerprint density at radius 2 is 1.67 bits per heavy atom.